The van der Waals surface area contributed by atoms with Crippen molar-refractivity contribution in [1.29, 1.82) is 0 Å². The van der Waals surface area contributed by atoms with E-state index in [1.54, 1.807) is 0 Å². The molecule has 2 rings (SSSR count). The fourth-order valence-corrected chi connectivity index (χ4v) is 2.52. The topological polar surface area (TPSA) is 38.1 Å². The predicted octanol–water partition coefficient (Wildman–Crippen LogP) is 2.95. The zero-order chi connectivity index (χ0) is 12.1. The van der Waals surface area contributed by atoms with Gasteiger partial charge in [-0.15, -0.1) is 0 Å². The minimum atomic E-state index is 0.530. The average molecular weight is 236 g/mol. The van der Waals surface area contributed by atoms with Crippen LogP contribution in [0.5, 0.6) is 0 Å². The van der Waals surface area contributed by atoms with E-state index in [0.717, 1.165) is 37.0 Å². The molecule has 3 heteroatoms. The molecule has 0 aliphatic heterocycles. The van der Waals surface area contributed by atoms with Crippen LogP contribution >= 0.6 is 0 Å². The van der Waals surface area contributed by atoms with Gasteiger partial charge in [-0.1, -0.05) is 39.5 Å². The Morgan fingerprint density at radius 1 is 1.41 bits per heavy atom. The monoisotopic (exact) mass is 236 g/mol. The smallest absolute Gasteiger partial charge is 0.195 e. The predicted molar refractivity (Wildman–Crippen MR) is 69.0 cm³/mol. The minimum absolute atomic E-state index is 0.530. The second-order valence-electron chi connectivity index (χ2n) is 5.43. The summed E-state index contributed by atoms with van der Waals surface area (Å²) in [4.78, 5) is 4.35. The number of hydrogen-bond donors (Lipinski definition) is 1. The van der Waals surface area contributed by atoms with Crippen LogP contribution in [0, 0.1) is 5.92 Å². The molecular formula is C14H24N2O. The molecule has 1 aromatic rings. The van der Waals surface area contributed by atoms with E-state index in [-0.39, 0.29) is 0 Å². The van der Waals surface area contributed by atoms with Crippen LogP contribution in [0.3, 0.4) is 0 Å². The highest BCUT2D eigenvalue weighted by molar-refractivity contribution is 4.96. The summed E-state index contributed by atoms with van der Waals surface area (Å²) < 4.78 is 5.78. The molecule has 0 bridgehead atoms. The van der Waals surface area contributed by atoms with Gasteiger partial charge in [0, 0.05) is 25.4 Å². The van der Waals surface area contributed by atoms with Crippen LogP contribution in [-0.2, 0) is 12.8 Å². The fourth-order valence-electron chi connectivity index (χ4n) is 2.52. The first kappa shape index (κ1) is 12.6. The molecule has 0 aromatic carbocycles. The fraction of sp³-hybridized carbons (Fsp3) is 0.786. The molecule has 0 unspecified atom stereocenters. The first-order valence-corrected chi connectivity index (χ1v) is 6.91. The molecule has 1 saturated carbocycles. The zero-order valence-corrected chi connectivity index (χ0v) is 11.0. The van der Waals surface area contributed by atoms with Crippen LogP contribution in [0.15, 0.2) is 10.6 Å². The van der Waals surface area contributed by atoms with Crippen molar-refractivity contribution in [1.82, 2.24) is 10.3 Å². The number of nitrogens with zero attached hydrogens (tertiary/aromatic N) is 1. The summed E-state index contributed by atoms with van der Waals surface area (Å²) in [5.41, 5.74) is 0. The van der Waals surface area contributed by atoms with Gasteiger partial charge >= 0.3 is 0 Å². The van der Waals surface area contributed by atoms with Crippen LogP contribution in [0.25, 0.3) is 0 Å². The lowest BCUT2D eigenvalue weighted by Crippen LogP contribution is -2.24. The molecule has 1 aliphatic rings. The van der Waals surface area contributed by atoms with Gasteiger partial charge in [0.2, 0.25) is 0 Å². The van der Waals surface area contributed by atoms with Crippen LogP contribution in [0.1, 0.15) is 51.2 Å². The highest BCUT2D eigenvalue weighted by Gasteiger charge is 2.17. The van der Waals surface area contributed by atoms with Gasteiger partial charge in [-0.2, -0.15) is 0 Å². The number of aromatic nitrogens is 1. The second kappa shape index (κ2) is 6.20. The quantitative estimate of drug-likeness (QED) is 0.825. The number of nitrogens with one attached hydrogen (secondary N) is 1. The molecule has 0 spiro atoms. The lowest BCUT2D eigenvalue weighted by Gasteiger charge is -2.06. The van der Waals surface area contributed by atoms with Crippen molar-refractivity contribution in [3.63, 3.8) is 0 Å². The van der Waals surface area contributed by atoms with E-state index in [2.05, 4.69) is 24.1 Å². The maximum atomic E-state index is 5.78. The maximum absolute atomic E-state index is 5.78. The molecule has 3 nitrogen and oxygen atoms in total. The van der Waals surface area contributed by atoms with Crippen molar-refractivity contribution in [2.75, 3.05) is 6.54 Å². The van der Waals surface area contributed by atoms with Crippen LogP contribution in [0.4, 0.5) is 0 Å². The van der Waals surface area contributed by atoms with Crippen LogP contribution in [0.2, 0.25) is 0 Å². The van der Waals surface area contributed by atoms with E-state index in [0.29, 0.717) is 6.04 Å². The molecule has 1 N–H and O–H groups in total. The molecule has 0 atom stereocenters. The molecule has 17 heavy (non-hydrogen) atoms. The molecule has 1 aromatic heterocycles. The molecule has 1 heterocycles. The van der Waals surface area contributed by atoms with E-state index in [1.807, 2.05) is 6.20 Å². The normalized spacial score (nSPS) is 17.1. The summed E-state index contributed by atoms with van der Waals surface area (Å²) in [5.74, 6) is 2.80. The Labute approximate surface area is 104 Å². The lowest BCUT2D eigenvalue weighted by molar-refractivity contribution is 0.410. The van der Waals surface area contributed by atoms with Gasteiger partial charge in [-0.3, -0.25) is 0 Å². The summed E-state index contributed by atoms with van der Waals surface area (Å²) in [5, 5.41) is 3.38. The Kier molecular flexibility index (Phi) is 4.60. The van der Waals surface area contributed by atoms with Gasteiger partial charge in [-0.25, -0.2) is 4.98 Å². The Hall–Kier alpha value is -0.830. The summed E-state index contributed by atoms with van der Waals surface area (Å²) in [6, 6.07) is 0.530. The van der Waals surface area contributed by atoms with Gasteiger partial charge in [-0.05, 0) is 5.92 Å². The Morgan fingerprint density at radius 2 is 2.18 bits per heavy atom. The van der Waals surface area contributed by atoms with Gasteiger partial charge in [0.05, 0.1) is 6.20 Å². The zero-order valence-electron chi connectivity index (χ0n) is 11.0. The first-order chi connectivity index (χ1) is 8.24. The number of oxazole rings is 1. The minimum Gasteiger partial charge on any atom is -0.446 e. The summed E-state index contributed by atoms with van der Waals surface area (Å²) in [6.07, 6.45) is 9.42. The van der Waals surface area contributed by atoms with Crippen molar-refractivity contribution >= 4 is 0 Å². The number of hydrogen-bond acceptors (Lipinski definition) is 3. The highest BCUT2D eigenvalue weighted by Crippen LogP contribution is 2.28. The van der Waals surface area contributed by atoms with Gasteiger partial charge in [0.15, 0.2) is 5.89 Å². The Bertz CT molecular complexity index is 327. The maximum Gasteiger partial charge on any atom is 0.195 e. The second-order valence-corrected chi connectivity index (χ2v) is 5.43. The lowest BCUT2D eigenvalue weighted by atomic mass is 10.0. The molecule has 0 amide bonds. The molecule has 0 radical (unpaired) electrons. The Morgan fingerprint density at radius 3 is 2.88 bits per heavy atom. The molecular weight excluding hydrogens is 212 g/mol. The van der Waals surface area contributed by atoms with Crippen molar-refractivity contribution in [2.24, 2.45) is 5.92 Å². The van der Waals surface area contributed by atoms with Crippen molar-refractivity contribution in [3.05, 3.63) is 17.8 Å². The summed E-state index contributed by atoms with van der Waals surface area (Å²) >= 11 is 0. The van der Waals surface area contributed by atoms with Crippen LogP contribution in [-0.4, -0.2) is 17.6 Å². The Balaban J connectivity index is 1.75. The molecule has 1 fully saturated rings. The van der Waals surface area contributed by atoms with Gasteiger partial charge < -0.3 is 9.73 Å². The van der Waals surface area contributed by atoms with Gasteiger partial charge in [0.25, 0.3) is 0 Å². The third-order valence-corrected chi connectivity index (χ3v) is 3.46. The highest BCUT2D eigenvalue weighted by atomic mass is 16.4. The molecule has 96 valence electrons. The average Bonchev–Trinajstić information content (AvgIpc) is 2.90. The van der Waals surface area contributed by atoms with Crippen molar-refractivity contribution in [2.45, 2.75) is 58.4 Å². The van der Waals surface area contributed by atoms with E-state index < -0.39 is 0 Å². The summed E-state index contributed by atoms with van der Waals surface area (Å²) in [7, 11) is 0. The van der Waals surface area contributed by atoms with Crippen molar-refractivity contribution < 1.29 is 4.42 Å². The third kappa shape index (κ3) is 4.15. The number of rotatable bonds is 6. The van der Waals surface area contributed by atoms with E-state index in [9.17, 15) is 0 Å². The first-order valence-electron chi connectivity index (χ1n) is 6.91. The third-order valence-electron chi connectivity index (χ3n) is 3.46. The van der Waals surface area contributed by atoms with Crippen molar-refractivity contribution in [3.8, 4) is 0 Å². The standard InChI is InChI=1S/C14H24N2O/c1-11(2)15-8-7-14-16-10-13(17-14)9-12-5-3-4-6-12/h10-12,15H,3-9H2,1-2H3. The van der Waals surface area contributed by atoms with Gasteiger partial charge in [0.1, 0.15) is 5.76 Å². The van der Waals surface area contributed by atoms with Crippen LogP contribution < -0.4 is 5.32 Å². The largest absolute Gasteiger partial charge is 0.446 e. The summed E-state index contributed by atoms with van der Waals surface area (Å²) in [6.45, 7) is 5.25. The van der Waals surface area contributed by atoms with E-state index in [1.165, 1.54) is 25.7 Å². The van der Waals surface area contributed by atoms with E-state index in [4.69, 9.17) is 4.42 Å². The molecule has 0 saturated heterocycles. The SMILES string of the molecule is CC(C)NCCc1ncc(CC2CCCC2)o1. The molecule has 1 aliphatic carbocycles. The van der Waals surface area contributed by atoms with E-state index >= 15 is 0 Å².